The fourth-order valence-electron chi connectivity index (χ4n) is 4.01. The van der Waals surface area contributed by atoms with Crippen LogP contribution in [0.15, 0.2) is 60.7 Å². The van der Waals surface area contributed by atoms with Gasteiger partial charge in [-0.1, -0.05) is 18.7 Å². The molecule has 1 unspecified atom stereocenters. The van der Waals surface area contributed by atoms with Gasteiger partial charge < -0.3 is 29.1 Å². The lowest BCUT2D eigenvalue weighted by Gasteiger charge is -2.27. The van der Waals surface area contributed by atoms with Crippen molar-refractivity contribution in [3.8, 4) is 17.2 Å². The lowest BCUT2D eigenvalue weighted by atomic mass is 9.95. The fraction of sp³-hybridized carbons (Fsp3) is 0.357. The van der Waals surface area contributed by atoms with E-state index in [1.54, 1.807) is 48.5 Å². The Bertz CT molecular complexity index is 1140. The summed E-state index contributed by atoms with van der Waals surface area (Å²) in [5.74, 6) is -0.0363. The number of rotatable bonds is 11. The molecule has 1 fully saturated rings. The Hall–Kier alpha value is -3.78. The number of amides is 1. The van der Waals surface area contributed by atoms with Crippen molar-refractivity contribution in [3.63, 3.8) is 0 Å². The third-order valence-electron chi connectivity index (χ3n) is 5.69. The molecular weight excluding hydrogens is 460 g/mol. The molecule has 0 aromatic heterocycles. The molecule has 2 aromatic carbocycles. The third kappa shape index (κ3) is 5.88. The molecule has 192 valence electrons. The van der Waals surface area contributed by atoms with Crippen LogP contribution in [0.5, 0.6) is 17.2 Å². The summed E-state index contributed by atoms with van der Waals surface area (Å²) in [6, 6.07) is 11.2. The van der Waals surface area contributed by atoms with Gasteiger partial charge in [0.2, 0.25) is 0 Å². The molecular formula is C28H34N2O6. The smallest absolute Gasteiger partial charge is 0.295 e. The van der Waals surface area contributed by atoms with E-state index in [1.165, 1.54) is 12.0 Å². The standard InChI is InChI=1S/C28H34N2O6/c1-7-16-35-22-13-10-20(17-23(22)34-6)25-24(27(32)28(33)30(25)15-14-29(4)5)26(31)19-8-11-21(12-9-19)36-18(2)3/h7-13,17-18,25,31H,1,14-16H2,2-6H3/b26-24+. The Labute approximate surface area is 212 Å². The van der Waals surface area contributed by atoms with E-state index in [9.17, 15) is 14.7 Å². The second-order valence-corrected chi connectivity index (χ2v) is 9.00. The normalized spacial score (nSPS) is 17.1. The summed E-state index contributed by atoms with van der Waals surface area (Å²) in [4.78, 5) is 29.7. The van der Waals surface area contributed by atoms with Gasteiger partial charge in [-0.2, -0.15) is 0 Å². The molecule has 2 aromatic rings. The first kappa shape index (κ1) is 26.8. The number of hydrogen-bond acceptors (Lipinski definition) is 7. The molecule has 0 spiro atoms. The molecule has 8 heteroatoms. The molecule has 0 bridgehead atoms. The van der Waals surface area contributed by atoms with Crippen molar-refractivity contribution < 1.29 is 28.9 Å². The van der Waals surface area contributed by atoms with Gasteiger partial charge in [0.05, 0.1) is 24.8 Å². The first-order valence-corrected chi connectivity index (χ1v) is 11.8. The highest BCUT2D eigenvalue weighted by Gasteiger charge is 2.46. The number of aliphatic hydroxyl groups is 1. The monoisotopic (exact) mass is 494 g/mol. The predicted molar refractivity (Wildman–Crippen MR) is 138 cm³/mol. The Balaban J connectivity index is 2.11. The van der Waals surface area contributed by atoms with Gasteiger partial charge in [0.1, 0.15) is 18.1 Å². The summed E-state index contributed by atoms with van der Waals surface area (Å²) in [5, 5.41) is 11.3. The van der Waals surface area contributed by atoms with Gasteiger partial charge in [-0.15, -0.1) is 0 Å². The van der Waals surface area contributed by atoms with Crippen LogP contribution in [0.1, 0.15) is 31.0 Å². The highest BCUT2D eigenvalue weighted by Crippen LogP contribution is 2.42. The topological polar surface area (TPSA) is 88.5 Å². The number of carbonyl (C=O) groups excluding carboxylic acids is 2. The Morgan fingerprint density at radius 3 is 2.42 bits per heavy atom. The van der Waals surface area contributed by atoms with Crippen LogP contribution < -0.4 is 14.2 Å². The van der Waals surface area contributed by atoms with E-state index in [2.05, 4.69) is 6.58 Å². The number of ketones is 1. The number of Topliss-reactive ketones (excluding diaryl/α,β-unsaturated/α-hetero) is 1. The maximum atomic E-state index is 13.2. The number of methoxy groups -OCH3 is 1. The highest BCUT2D eigenvalue weighted by atomic mass is 16.5. The summed E-state index contributed by atoms with van der Waals surface area (Å²) in [7, 11) is 5.30. The number of carbonyl (C=O) groups is 2. The molecule has 1 heterocycles. The molecule has 0 aliphatic carbocycles. The number of hydrogen-bond donors (Lipinski definition) is 1. The molecule has 1 aliphatic heterocycles. The number of likely N-dealkylation sites (tertiary alicyclic amines) is 1. The van der Waals surface area contributed by atoms with E-state index in [-0.39, 0.29) is 17.4 Å². The van der Waals surface area contributed by atoms with Crippen molar-refractivity contribution in [2.45, 2.75) is 26.0 Å². The lowest BCUT2D eigenvalue weighted by molar-refractivity contribution is -0.140. The van der Waals surface area contributed by atoms with Gasteiger partial charge in [0.25, 0.3) is 11.7 Å². The van der Waals surface area contributed by atoms with Gasteiger partial charge >= 0.3 is 0 Å². The van der Waals surface area contributed by atoms with Crippen molar-refractivity contribution in [2.24, 2.45) is 0 Å². The van der Waals surface area contributed by atoms with Crippen LogP contribution in [0.2, 0.25) is 0 Å². The second-order valence-electron chi connectivity index (χ2n) is 9.00. The van der Waals surface area contributed by atoms with Gasteiger partial charge in [-0.25, -0.2) is 0 Å². The van der Waals surface area contributed by atoms with E-state index in [1.807, 2.05) is 32.8 Å². The van der Waals surface area contributed by atoms with Crippen molar-refractivity contribution in [3.05, 3.63) is 71.8 Å². The van der Waals surface area contributed by atoms with Gasteiger partial charge in [0, 0.05) is 18.7 Å². The zero-order valence-electron chi connectivity index (χ0n) is 21.5. The number of benzene rings is 2. The predicted octanol–water partition coefficient (Wildman–Crippen LogP) is 4.03. The van der Waals surface area contributed by atoms with Gasteiger partial charge in [0.15, 0.2) is 11.5 Å². The molecule has 3 rings (SSSR count). The zero-order chi connectivity index (χ0) is 26.4. The van der Waals surface area contributed by atoms with Crippen LogP contribution in [0, 0.1) is 0 Å². The maximum Gasteiger partial charge on any atom is 0.295 e. The van der Waals surface area contributed by atoms with E-state index in [4.69, 9.17) is 14.2 Å². The molecule has 1 atom stereocenters. The van der Waals surface area contributed by atoms with E-state index in [0.29, 0.717) is 48.1 Å². The van der Waals surface area contributed by atoms with Crippen LogP contribution >= 0.6 is 0 Å². The molecule has 1 N–H and O–H groups in total. The number of nitrogens with zero attached hydrogens (tertiary/aromatic N) is 2. The first-order chi connectivity index (χ1) is 17.2. The van der Waals surface area contributed by atoms with E-state index >= 15 is 0 Å². The van der Waals surface area contributed by atoms with Gasteiger partial charge in [-0.3, -0.25) is 9.59 Å². The molecule has 8 nitrogen and oxygen atoms in total. The minimum Gasteiger partial charge on any atom is -0.507 e. The minimum absolute atomic E-state index is 0.000111. The second kappa shape index (κ2) is 11.8. The summed E-state index contributed by atoms with van der Waals surface area (Å²) in [5.41, 5.74) is 1.06. The third-order valence-corrected chi connectivity index (χ3v) is 5.69. The van der Waals surface area contributed by atoms with Crippen molar-refractivity contribution in [2.75, 3.05) is 40.9 Å². The first-order valence-electron chi connectivity index (χ1n) is 11.8. The van der Waals surface area contributed by atoms with Gasteiger partial charge in [-0.05, 0) is 69.9 Å². The highest BCUT2D eigenvalue weighted by molar-refractivity contribution is 6.46. The zero-order valence-corrected chi connectivity index (χ0v) is 21.5. The largest absolute Gasteiger partial charge is 0.507 e. The average Bonchev–Trinajstić information content (AvgIpc) is 3.10. The maximum absolute atomic E-state index is 13.2. The van der Waals surface area contributed by atoms with Crippen molar-refractivity contribution in [1.82, 2.24) is 9.80 Å². The Morgan fingerprint density at radius 2 is 1.83 bits per heavy atom. The van der Waals surface area contributed by atoms with Crippen LogP contribution in [-0.4, -0.2) is 73.6 Å². The van der Waals surface area contributed by atoms with E-state index in [0.717, 1.165) is 0 Å². The summed E-state index contributed by atoms with van der Waals surface area (Å²) in [6.07, 6.45) is 1.63. The number of ether oxygens (including phenoxy) is 3. The molecule has 36 heavy (non-hydrogen) atoms. The molecule has 1 aliphatic rings. The Morgan fingerprint density at radius 1 is 1.14 bits per heavy atom. The SMILES string of the molecule is C=CCOc1ccc(C2/C(=C(\O)c3ccc(OC(C)C)cc3)C(=O)C(=O)N2CCN(C)C)cc1OC. The minimum atomic E-state index is -0.793. The van der Waals surface area contributed by atoms with Crippen molar-refractivity contribution >= 4 is 17.4 Å². The summed E-state index contributed by atoms with van der Waals surface area (Å²) >= 11 is 0. The molecule has 1 saturated heterocycles. The Kier molecular flexibility index (Phi) is 8.77. The van der Waals surface area contributed by atoms with E-state index < -0.39 is 17.7 Å². The summed E-state index contributed by atoms with van der Waals surface area (Å²) < 4.78 is 16.8. The van der Waals surface area contributed by atoms with Crippen LogP contribution in [0.3, 0.4) is 0 Å². The van der Waals surface area contributed by atoms with Crippen LogP contribution in [0.25, 0.3) is 5.76 Å². The molecule has 1 amide bonds. The van der Waals surface area contributed by atoms with Crippen LogP contribution in [0.4, 0.5) is 0 Å². The lowest BCUT2D eigenvalue weighted by Crippen LogP contribution is -2.35. The van der Waals surface area contributed by atoms with Crippen molar-refractivity contribution in [1.29, 1.82) is 0 Å². The number of likely N-dealkylation sites (N-methyl/N-ethyl adjacent to an activating group) is 1. The fourth-order valence-corrected chi connectivity index (χ4v) is 4.01. The average molecular weight is 495 g/mol. The summed E-state index contributed by atoms with van der Waals surface area (Å²) in [6.45, 7) is 8.65. The quantitative estimate of drug-likeness (QED) is 0.218. The molecule has 0 saturated carbocycles. The number of aliphatic hydroxyl groups excluding tert-OH is 1. The van der Waals surface area contributed by atoms with Crippen LogP contribution in [-0.2, 0) is 9.59 Å². The molecule has 0 radical (unpaired) electrons.